The van der Waals surface area contributed by atoms with Gasteiger partial charge in [-0.3, -0.25) is 4.79 Å². The van der Waals surface area contributed by atoms with Gasteiger partial charge in [0.15, 0.2) is 0 Å². The number of amides is 1. The molecule has 1 amide bonds. The highest BCUT2D eigenvalue weighted by Gasteiger charge is 2.28. The molecule has 2 aromatic carbocycles. The number of carbonyl (C=O) groups excluding carboxylic acids is 1. The first-order valence-electron chi connectivity index (χ1n) is 11.5. The van der Waals surface area contributed by atoms with Crippen molar-refractivity contribution in [2.75, 3.05) is 32.6 Å². The lowest BCUT2D eigenvalue weighted by atomic mass is 9.93. The topological polar surface area (TPSA) is 76.6 Å². The number of fused-ring (bicyclic) bond motifs is 1. The van der Waals surface area contributed by atoms with Gasteiger partial charge in [0.25, 0.3) is 0 Å². The summed E-state index contributed by atoms with van der Waals surface area (Å²) in [5.41, 5.74) is 5.16. The van der Waals surface area contributed by atoms with Crippen LogP contribution in [0, 0.1) is 19.8 Å². The van der Waals surface area contributed by atoms with Crippen molar-refractivity contribution in [1.82, 2.24) is 14.9 Å². The molecule has 0 aliphatic carbocycles. The van der Waals surface area contributed by atoms with Crippen LogP contribution in [0.3, 0.4) is 0 Å². The Kier molecular flexibility index (Phi) is 6.72. The van der Waals surface area contributed by atoms with Crippen molar-refractivity contribution in [2.24, 2.45) is 5.92 Å². The van der Waals surface area contributed by atoms with E-state index >= 15 is 0 Å². The van der Waals surface area contributed by atoms with Gasteiger partial charge >= 0.3 is 0 Å². The summed E-state index contributed by atoms with van der Waals surface area (Å²) in [4.78, 5) is 23.1. The normalized spacial score (nSPS) is 18.0. The lowest BCUT2D eigenvalue weighted by molar-refractivity contribution is -0.127. The van der Waals surface area contributed by atoms with E-state index in [1.807, 2.05) is 23.2 Å². The number of aromatic nitrogens is 2. The Morgan fingerprint density at radius 3 is 2.50 bits per heavy atom. The SMILES string of the molecule is C=CC(=O)N1CCC(Nc2ncc3cc(-c4c(C)c(OC)cc(OC)c4C)ccc3n2)C(C)C1. The summed E-state index contributed by atoms with van der Waals surface area (Å²) in [5, 5.41) is 4.44. The number of benzene rings is 2. The Labute approximate surface area is 200 Å². The van der Waals surface area contributed by atoms with Gasteiger partial charge in [0, 0.05) is 36.8 Å². The molecule has 0 bridgehead atoms. The molecule has 2 atom stereocenters. The number of nitrogens with one attached hydrogen (secondary N) is 1. The number of hydrogen-bond acceptors (Lipinski definition) is 6. The van der Waals surface area contributed by atoms with Crippen molar-refractivity contribution in [3.8, 4) is 22.6 Å². The van der Waals surface area contributed by atoms with Gasteiger partial charge in [-0.2, -0.15) is 0 Å². The van der Waals surface area contributed by atoms with Crippen LogP contribution < -0.4 is 14.8 Å². The van der Waals surface area contributed by atoms with E-state index in [2.05, 4.69) is 49.8 Å². The number of rotatable bonds is 6. The Morgan fingerprint density at radius 1 is 1.18 bits per heavy atom. The second kappa shape index (κ2) is 9.71. The average molecular weight is 461 g/mol. The standard InChI is InChI=1S/C27H32N4O3/c1-7-25(32)31-11-10-21(16(2)15-31)29-27-28-14-20-12-19(8-9-22(20)30-27)26-17(3)23(33-5)13-24(34-6)18(26)4/h7-9,12-14,16,21H,1,10-11,15H2,2-6H3,(H,28,29,30). The number of likely N-dealkylation sites (tertiary alicyclic amines) is 1. The summed E-state index contributed by atoms with van der Waals surface area (Å²) in [6, 6.07) is 8.34. The lowest BCUT2D eigenvalue weighted by Gasteiger charge is -2.36. The van der Waals surface area contributed by atoms with E-state index in [-0.39, 0.29) is 17.9 Å². The molecule has 1 aliphatic heterocycles. The zero-order chi connectivity index (χ0) is 24.4. The molecule has 2 unspecified atom stereocenters. The number of ether oxygens (including phenoxy) is 2. The molecule has 1 saturated heterocycles. The van der Waals surface area contributed by atoms with Crippen molar-refractivity contribution < 1.29 is 14.3 Å². The fourth-order valence-electron chi connectivity index (χ4n) is 4.83. The van der Waals surface area contributed by atoms with E-state index in [1.165, 1.54) is 6.08 Å². The molecular weight excluding hydrogens is 428 g/mol. The van der Waals surface area contributed by atoms with Crippen LogP contribution in [0.15, 0.2) is 43.1 Å². The molecule has 178 valence electrons. The number of carbonyl (C=O) groups is 1. The van der Waals surface area contributed by atoms with Crippen molar-refractivity contribution in [3.63, 3.8) is 0 Å². The third-order valence-electron chi connectivity index (χ3n) is 6.77. The van der Waals surface area contributed by atoms with Crippen LogP contribution in [0.2, 0.25) is 0 Å². The number of methoxy groups -OCH3 is 2. The summed E-state index contributed by atoms with van der Waals surface area (Å²) in [7, 11) is 3.34. The van der Waals surface area contributed by atoms with E-state index in [9.17, 15) is 4.79 Å². The predicted octanol–water partition coefficient (Wildman–Crippen LogP) is 4.77. The third kappa shape index (κ3) is 4.42. The maximum Gasteiger partial charge on any atom is 0.245 e. The number of piperidine rings is 1. The first-order chi connectivity index (χ1) is 16.4. The van der Waals surface area contributed by atoms with Gasteiger partial charge in [-0.05, 0) is 66.6 Å². The van der Waals surface area contributed by atoms with E-state index in [1.54, 1.807) is 14.2 Å². The zero-order valence-corrected chi connectivity index (χ0v) is 20.5. The minimum atomic E-state index is -0.0119. The number of anilines is 1. The summed E-state index contributed by atoms with van der Waals surface area (Å²) in [6.07, 6.45) is 4.08. The van der Waals surface area contributed by atoms with Crippen LogP contribution in [-0.4, -0.2) is 54.1 Å². The van der Waals surface area contributed by atoms with Gasteiger partial charge in [-0.15, -0.1) is 0 Å². The Hall–Kier alpha value is -3.61. The first-order valence-corrected chi connectivity index (χ1v) is 11.5. The third-order valence-corrected chi connectivity index (χ3v) is 6.77. The first kappa shape index (κ1) is 23.5. The van der Waals surface area contributed by atoms with Crippen molar-refractivity contribution >= 4 is 22.8 Å². The maximum atomic E-state index is 11.9. The Balaban J connectivity index is 1.59. The minimum absolute atomic E-state index is 0.0119. The van der Waals surface area contributed by atoms with E-state index in [4.69, 9.17) is 14.5 Å². The largest absolute Gasteiger partial charge is 0.496 e. The second-order valence-corrected chi connectivity index (χ2v) is 8.88. The van der Waals surface area contributed by atoms with Crippen LogP contribution in [0.1, 0.15) is 24.5 Å². The molecule has 4 rings (SSSR count). The molecule has 3 aromatic rings. The second-order valence-electron chi connectivity index (χ2n) is 8.88. The Morgan fingerprint density at radius 2 is 1.88 bits per heavy atom. The highest BCUT2D eigenvalue weighted by atomic mass is 16.5. The lowest BCUT2D eigenvalue weighted by Crippen LogP contribution is -2.47. The maximum absolute atomic E-state index is 11.9. The van der Waals surface area contributed by atoms with Crippen LogP contribution in [0.25, 0.3) is 22.0 Å². The van der Waals surface area contributed by atoms with Gasteiger partial charge in [0.2, 0.25) is 11.9 Å². The van der Waals surface area contributed by atoms with Crippen LogP contribution in [0.5, 0.6) is 11.5 Å². The number of nitrogens with zero attached hydrogens (tertiary/aromatic N) is 3. The van der Waals surface area contributed by atoms with Gasteiger partial charge in [0.1, 0.15) is 11.5 Å². The monoisotopic (exact) mass is 460 g/mol. The van der Waals surface area contributed by atoms with Gasteiger partial charge in [-0.25, -0.2) is 9.97 Å². The summed E-state index contributed by atoms with van der Waals surface area (Å²) in [5.74, 6) is 2.47. The minimum Gasteiger partial charge on any atom is -0.496 e. The van der Waals surface area contributed by atoms with Crippen LogP contribution in [-0.2, 0) is 4.79 Å². The molecule has 0 saturated carbocycles. The molecule has 7 heteroatoms. The van der Waals surface area contributed by atoms with Crippen LogP contribution >= 0.6 is 0 Å². The highest BCUT2D eigenvalue weighted by Crippen LogP contribution is 2.39. The average Bonchev–Trinajstić information content (AvgIpc) is 2.85. The van der Waals surface area contributed by atoms with Gasteiger partial charge in [0.05, 0.1) is 19.7 Å². The van der Waals surface area contributed by atoms with E-state index in [0.29, 0.717) is 19.0 Å². The van der Waals surface area contributed by atoms with Gasteiger partial charge < -0.3 is 19.7 Å². The number of hydrogen-bond donors (Lipinski definition) is 1. The zero-order valence-electron chi connectivity index (χ0n) is 20.5. The Bertz CT molecular complexity index is 1210. The summed E-state index contributed by atoms with van der Waals surface area (Å²) in [6.45, 7) is 11.2. The molecular formula is C27H32N4O3. The molecule has 7 nitrogen and oxygen atoms in total. The molecule has 0 spiro atoms. The van der Waals surface area contributed by atoms with Crippen molar-refractivity contribution in [3.05, 3.63) is 54.2 Å². The quantitative estimate of drug-likeness (QED) is 0.534. The van der Waals surface area contributed by atoms with Crippen molar-refractivity contribution in [1.29, 1.82) is 0 Å². The molecule has 2 heterocycles. The van der Waals surface area contributed by atoms with Crippen LogP contribution in [0.4, 0.5) is 5.95 Å². The summed E-state index contributed by atoms with van der Waals surface area (Å²) >= 11 is 0. The van der Waals surface area contributed by atoms with E-state index in [0.717, 1.165) is 51.1 Å². The molecule has 0 radical (unpaired) electrons. The van der Waals surface area contributed by atoms with Crippen molar-refractivity contribution in [2.45, 2.75) is 33.2 Å². The molecule has 34 heavy (non-hydrogen) atoms. The molecule has 1 N–H and O–H groups in total. The smallest absolute Gasteiger partial charge is 0.245 e. The highest BCUT2D eigenvalue weighted by molar-refractivity contribution is 5.88. The fourth-order valence-corrected chi connectivity index (χ4v) is 4.83. The summed E-state index contributed by atoms with van der Waals surface area (Å²) < 4.78 is 11.2. The van der Waals surface area contributed by atoms with Gasteiger partial charge in [-0.1, -0.05) is 19.6 Å². The fraction of sp³-hybridized carbons (Fsp3) is 0.370. The molecule has 1 aliphatic rings. The molecule has 1 aromatic heterocycles. The predicted molar refractivity (Wildman–Crippen MR) is 136 cm³/mol. The molecule has 1 fully saturated rings. The van der Waals surface area contributed by atoms with E-state index < -0.39 is 0 Å².